The highest BCUT2D eigenvalue weighted by molar-refractivity contribution is 6.06. The number of nitrogens with one attached hydrogen (secondary N) is 2. The van der Waals surface area contributed by atoms with Crippen molar-refractivity contribution >= 4 is 29.5 Å². The first-order valence-corrected chi connectivity index (χ1v) is 13.1. The van der Waals surface area contributed by atoms with E-state index >= 15 is 0 Å². The molecule has 0 aliphatic carbocycles. The average molecular weight is 562 g/mol. The average Bonchev–Trinajstić information content (AvgIpc) is 3.25. The van der Waals surface area contributed by atoms with Crippen LogP contribution < -0.4 is 20.1 Å². The number of carbonyl (C=O) groups excluding carboxylic acids is 4. The third kappa shape index (κ3) is 6.29. The quantitative estimate of drug-likeness (QED) is 0.375. The molecule has 0 aromatic heterocycles. The third-order valence-corrected chi connectivity index (χ3v) is 6.57. The Bertz CT molecular complexity index is 1510. The van der Waals surface area contributed by atoms with Gasteiger partial charge in [-0.15, -0.1) is 0 Å². The molecule has 3 aromatic rings. The van der Waals surface area contributed by atoms with E-state index in [-0.39, 0.29) is 43.9 Å². The Hall–Kier alpha value is -4.93. The van der Waals surface area contributed by atoms with Gasteiger partial charge in [0.1, 0.15) is 35.7 Å². The van der Waals surface area contributed by atoms with Gasteiger partial charge in [0.25, 0.3) is 5.91 Å². The Balaban J connectivity index is 1.25. The second-order valence-electron chi connectivity index (χ2n) is 9.94. The number of hydrogen-bond donors (Lipinski definition) is 2. The molecular weight excluding hydrogens is 533 g/mol. The highest BCUT2D eigenvalue weighted by Gasteiger charge is 2.41. The molecule has 5 rings (SSSR count). The molecule has 2 aliphatic heterocycles. The highest BCUT2D eigenvalue weighted by Crippen LogP contribution is 2.37. The molecule has 2 heterocycles. The molecule has 1 fully saturated rings. The normalized spacial score (nSPS) is 16.3. The summed E-state index contributed by atoms with van der Waals surface area (Å²) >= 11 is 0. The summed E-state index contributed by atoms with van der Waals surface area (Å²) in [4.78, 5) is 51.4. The Morgan fingerprint density at radius 2 is 1.85 bits per heavy atom. The SMILES string of the molecule is CC(C)Oc1c(COC(=O)Nc2ccc(Oc3cccc(F)c3)cc2)ccc2c1C(=O)N(C1CCC(=O)NC1=O)C2. The van der Waals surface area contributed by atoms with Gasteiger partial charge in [-0.1, -0.05) is 18.2 Å². The van der Waals surface area contributed by atoms with E-state index in [1.807, 2.05) is 13.8 Å². The molecule has 2 N–H and O–H groups in total. The number of fused-ring (bicyclic) bond motifs is 1. The van der Waals surface area contributed by atoms with Gasteiger partial charge >= 0.3 is 6.09 Å². The number of nitrogens with zero attached hydrogens (tertiary/aromatic N) is 1. The number of amides is 4. The van der Waals surface area contributed by atoms with Crippen molar-refractivity contribution in [1.29, 1.82) is 0 Å². The van der Waals surface area contributed by atoms with Crippen LogP contribution in [0.2, 0.25) is 0 Å². The van der Waals surface area contributed by atoms with Gasteiger partial charge in [0.2, 0.25) is 11.8 Å². The summed E-state index contributed by atoms with van der Waals surface area (Å²) < 4.78 is 30.4. The number of imide groups is 1. The van der Waals surface area contributed by atoms with Crippen LogP contribution >= 0.6 is 0 Å². The predicted molar refractivity (Wildman–Crippen MR) is 145 cm³/mol. The molecule has 41 heavy (non-hydrogen) atoms. The van der Waals surface area contributed by atoms with E-state index in [0.29, 0.717) is 39.6 Å². The maximum absolute atomic E-state index is 13.4. The fraction of sp³-hybridized carbons (Fsp3) is 0.267. The van der Waals surface area contributed by atoms with Crippen molar-refractivity contribution < 1.29 is 37.8 Å². The molecule has 3 aromatic carbocycles. The Kier molecular flexibility index (Phi) is 7.86. The smallest absolute Gasteiger partial charge is 0.411 e. The summed E-state index contributed by atoms with van der Waals surface area (Å²) in [5.41, 5.74) is 1.94. The summed E-state index contributed by atoms with van der Waals surface area (Å²) in [6, 6.07) is 14.9. The number of carbonyl (C=O) groups is 4. The van der Waals surface area contributed by atoms with Crippen LogP contribution in [0, 0.1) is 5.82 Å². The van der Waals surface area contributed by atoms with Crippen LogP contribution in [0.5, 0.6) is 17.2 Å². The van der Waals surface area contributed by atoms with Crippen LogP contribution in [0.1, 0.15) is 48.2 Å². The minimum atomic E-state index is -0.754. The maximum Gasteiger partial charge on any atom is 0.411 e. The van der Waals surface area contributed by atoms with E-state index in [2.05, 4.69) is 10.6 Å². The molecule has 212 valence electrons. The zero-order valence-corrected chi connectivity index (χ0v) is 22.4. The zero-order chi connectivity index (χ0) is 29.1. The van der Waals surface area contributed by atoms with Crippen LogP contribution in [0.3, 0.4) is 0 Å². The first-order valence-electron chi connectivity index (χ1n) is 13.1. The molecule has 0 bridgehead atoms. The number of hydrogen-bond acceptors (Lipinski definition) is 7. The Morgan fingerprint density at radius 3 is 2.56 bits per heavy atom. The van der Waals surface area contributed by atoms with Crippen molar-refractivity contribution in [2.45, 2.75) is 52.0 Å². The summed E-state index contributed by atoms with van der Waals surface area (Å²) in [6.07, 6.45) is -0.599. The van der Waals surface area contributed by atoms with Crippen LogP contribution in [0.25, 0.3) is 0 Å². The number of halogens is 1. The molecule has 0 radical (unpaired) electrons. The predicted octanol–water partition coefficient (Wildman–Crippen LogP) is 4.91. The van der Waals surface area contributed by atoms with Gasteiger partial charge in [-0.2, -0.15) is 0 Å². The van der Waals surface area contributed by atoms with Gasteiger partial charge in [0, 0.05) is 30.3 Å². The Labute approximate surface area is 235 Å². The minimum absolute atomic E-state index is 0.156. The topological polar surface area (TPSA) is 123 Å². The van der Waals surface area contributed by atoms with Crippen LogP contribution in [-0.4, -0.2) is 40.9 Å². The van der Waals surface area contributed by atoms with E-state index in [0.717, 1.165) is 0 Å². The second-order valence-corrected chi connectivity index (χ2v) is 9.94. The Morgan fingerprint density at radius 1 is 1.07 bits per heavy atom. The molecular formula is C30H28FN3O7. The molecule has 2 aliphatic rings. The van der Waals surface area contributed by atoms with E-state index in [1.54, 1.807) is 48.5 Å². The lowest BCUT2D eigenvalue weighted by Gasteiger charge is -2.29. The first kappa shape index (κ1) is 27.6. The van der Waals surface area contributed by atoms with E-state index < -0.39 is 23.9 Å². The number of rotatable bonds is 8. The highest BCUT2D eigenvalue weighted by atomic mass is 19.1. The lowest BCUT2D eigenvalue weighted by atomic mass is 10.0. The van der Waals surface area contributed by atoms with Crippen molar-refractivity contribution in [2.75, 3.05) is 5.32 Å². The fourth-order valence-corrected chi connectivity index (χ4v) is 4.72. The van der Waals surface area contributed by atoms with Gasteiger partial charge in [-0.05, 0) is 62.2 Å². The van der Waals surface area contributed by atoms with E-state index in [4.69, 9.17) is 14.2 Å². The molecule has 0 saturated carbocycles. The zero-order valence-electron chi connectivity index (χ0n) is 22.4. The van der Waals surface area contributed by atoms with Crippen molar-refractivity contribution in [1.82, 2.24) is 10.2 Å². The van der Waals surface area contributed by atoms with Crippen LogP contribution in [-0.2, 0) is 27.5 Å². The summed E-state index contributed by atoms with van der Waals surface area (Å²) in [5.74, 6) is -0.546. The number of benzene rings is 3. The van der Waals surface area contributed by atoms with Crippen molar-refractivity contribution in [2.24, 2.45) is 0 Å². The molecule has 1 unspecified atom stereocenters. The number of ether oxygens (including phenoxy) is 3. The third-order valence-electron chi connectivity index (χ3n) is 6.57. The number of anilines is 1. The molecule has 1 saturated heterocycles. The minimum Gasteiger partial charge on any atom is -0.490 e. The summed E-state index contributed by atoms with van der Waals surface area (Å²) in [7, 11) is 0. The van der Waals surface area contributed by atoms with Gasteiger partial charge in [0.05, 0.1) is 11.7 Å². The second kappa shape index (κ2) is 11.7. The van der Waals surface area contributed by atoms with Gasteiger partial charge in [-0.25, -0.2) is 9.18 Å². The molecule has 1 atom stereocenters. The van der Waals surface area contributed by atoms with Gasteiger partial charge < -0.3 is 19.1 Å². The van der Waals surface area contributed by atoms with Crippen molar-refractivity contribution in [3.63, 3.8) is 0 Å². The van der Waals surface area contributed by atoms with E-state index in [9.17, 15) is 23.6 Å². The summed E-state index contributed by atoms with van der Waals surface area (Å²) in [5, 5.41) is 4.92. The molecule has 0 spiro atoms. The standard InChI is InChI=1S/C30H28FN3O7/c1-17(2)40-27-19(7-6-18-15-34(29(37)26(18)27)24-12-13-25(35)33-28(24)36)16-39-30(38)32-21-8-10-22(11-9-21)41-23-5-3-4-20(31)14-23/h3-11,14,17,24H,12-13,15-16H2,1-2H3,(H,32,38)(H,33,35,36). The molecule has 11 heteroatoms. The molecule has 4 amide bonds. The molecule has 10 nitrogen and oxygen atoms in total. The monoisotopic (exact) mass is 561 g/mol. The van der Waals surface area contributed by atoms with Crippen LogP contribution in [0.4, 0.5) is 14.9 Å². The summed E-state index contributed by atoms with van der Waals surface area (Å²) in [6.45, 7) is 3.66. The lowest BCUT2D eigenvalue weighted by Crippen LogP contribution is -2.52. The lowest BCUT2D eigenvalue weighted by molar-refractivity contribution is -0.136. The largest absolute Gasteiger partial charge is 0.490 e. The fourth-order valence-electron chi connectivity index (χ4n) is 4.72. The van der Waals surface area contributed by atoms with Gasteiger partial charge in [0.15, 0.2) is 0 Å². The van der Waals surface area contributed by atoms with Crippen molar-refractivity contribution in [3.05, 3.63) is 83.2 Å². The van der Waals surface area contributed by atoms with E-state index in [1.165, 1.54) is 17.0 Å². The van der Waals surface area contributed by atoms with Gasteiger partial charge in [-0.3, -0.25) is 25.0 Å². The first-order chi connectivity index (χ1) is 19.7. The number of piperidine rings is 1. The van der Waals surface area contributed by atoms with Crippen molar-refractivity contribution in [3.8, 4) is 17.2 Å². The van der Waals surface area contributed by atoms with Crippen LogP contribution in [0.15, 0.2) is 60.7 Å². The maximum atomic E-state index is 13.4.